The highest BCUT2D eigenvalue weighted by atomic mass is 35.5. The van der Waals surface area contributed by atoms with Crippen molar-refractivity contribution >= 4 is 24.0 Å². The smallest absolute Gasteiger partial charge is 0.290 e. The van der Waals surface area contributed by atoms with Crippen LogP contribution in [0.1, 0.15) is 12.2 Å². The Morgan fingerprint density at radius 2 is 2.13 bits per heavy atom. The molecule has 3 heterocycles. The Balaban J connectivity index is 0.000000595. The normalized spacial score (nSPS) is 28.6. The summed E-state index contributed by atoms with van der Waals surface area (Å²) in [6, 6.07) is -0.219. The molecule has 1 aromatic heterocycles. The van der Waals surface area contributed by atoms with Crippen molar-refractivity contribution in [1.29, 1.82) is 0 Å². The van der Waals surface area contributed by atoms with E-state index in [0.29, 0.717) is 18.9 Å². The molecule has 0 saturated carbocycles. The van der Waals surface area contributed by atoms with Crippen LogP contribution in [0.2, 0.25) is 5.28 Å². The van der Waals surface area contributed by atoms with E-state index in [9.17, 15) is 9.90 Å². The number of aryl methyl sites for hydroxylation is 1. The second-order valence-electron chi connectivity index (χ2n) is 4.99. The summed E-state index contributed by atoms with van der Waals surface area (Å²) in [4.78, 5) is 24.1. The van der Waals surface area contributed by atoms with Gasteiger partial charge in [-0.25, -0.2) is 4.98 Å². The van der Waals surface area contributed by atoms with Crippen LogP contribution in [0.3, 0.4) is 0 Å². The Morgan fingerprint density at radius 3 is 2.78 bits per heavy atom. The van der Waals surface area contributed by atoms with Crippen molar-refractivity contribution in [2.45, 2.75) is 37.2 Å². The highest BCUT2D eigenvalue weighted by molar-refractivity contribution is 6.28. The third-order valence-electron chi connectivity index (χ3n) is 3.47. The SMILES string of the molecule is O=C(CCc1nc(Cl)n[nH]1)N[C@H]1CO[C@H]2[C@@H]1OC[C@@H]2O.O=CO. The second-order valence-corrected chi connectivity index (χ2v) is 5.33. The number of aromatic amines is 1. The number of amides is 1. The molecule has 128 valence electrons. The summed E-state index contributed by atoms with van der Waals surface area (Å²) < 4.78 is 10.9. The summed E-state index contributed by atoms with van der Waals surface area (Å²) in [6.07, 6.45) is -0.529. The third kappa shape index (κ3) is 4.61. The zero-order valence-corrected chi connectivity index (χ0v) is 12.8. The van der Waals surface area contributed by atoms with E-state index in [1.165, 1.54) is 0 Å². The fourth-order valence-corrected chi connectivity index (χ4v) is 2.64. The number of aliphatic hydroxyl groups is 1. The van der Waals surface area contributed by atoms with Gasteiger partial charge in [-0.2, -0.15) is 0 Å². The van der Waals surface area contributed by atoms with Gasteiger partial charge in [0, 0.05) is 12.8 Å². The first-order chi connectivity index (χ1) is 11.0. The molecule has 23 heavy (non-hydrogen) atoms. The molecule has 1 aromatic rings. The van der Waals surface area contributed by atoms with Crippen LogP contribution < -0.4 is 5.32 Å². The number of aromatic nitrogens is 3. The average Bonchev–Trinajstić information content (AvgIpc) is 3.18. The number of ether oxygens (including phenoxy) is 2. The van der Waals surface area contributed by atoms with Crippen LogP contribution in [0, 0.1) is 0 Å². The fraction of sp³-hybridized carbons (Fsp3) is 0.667. The number of rotatable bonds is 4. The van der Waals surface area contributed by atoms with E-state index in [0.717, 1.165) is 0 Å². The number of hydrogen-bond acceptors (Lipinski definition) is 7. The van der Waals surface area contributed by atoms with Gasteiger partial charge >= 0.3 is 0 Å². The minimum Gasteiger partial charge on any atom is -0.483 e. The molecule has 0 spiro atoms. The number of fused-ring (bicyclic) bond motifs is 1. The second kappa shape index (κ2) is 8.20. The molecule has 0 bridgehead atoms. The first kappa shape index (κ1) is 17.6. The van der Waals surface area contributed by atoms with Crippen molar-refractivity contribution in [3.63, 3.8) is 0 Å². The molecule has 10 nitrogen and oxygen atoms in total. The summed E-state index contributed by atoms with van der Waals surface area (Å²) in [5, 5.41) is 25.8. The molecular weight excluding hydrogens is 332 g/mol. The molecule has 0 radical (unpaired) electrons. The van der Waals surface area contributed by atoms with Gasteiger partial charge in [-0.05, 0) is 11.6 Å². The molecule has 11 heteroatoms. The van der Waals surface area contributed by atoms with Crippen LogP contribution in [-0.2, 0) is 25.5 Å². The Kier molecular flexibility index (Phi) is 6.28. The lowest BCUT2D eigenvalue weighted by molar-refractivity contribution is -0.123. The molecule has 0 aromatic carbocycles. The fourth-order valence-electron chi connectivity index (χ4n) is 2.50. The van der Waals surface area contributed by atoms with E-state index in [1.807, 2.05) is 0 Å². The molecule has 3 rings (SSSR count). The minimum atomic E-state index is -0.613. The van der Waals surface area contributed by atoms with E-state index in [1.54, 1.807) is 0 Å². The van der Waals surface area contributed by atoms with E-state index >= 15 is 0 Å². The summed E-state index contributed by atoms with van der Waals surface area (Å²) >= 11 is 5.58. The summed E-state index contributed by atoms with van der Waals surface area (Å²) in [7, 11) is 0. The first-order valence-corrected chi connectivity index (χ1v) is 7.28. The number of H-pyrrole nitrogens is 1. The van der Waals surface area contributed by atoms with Gasteiger partial charge in [0.15, 0.2) is 0 Å². The molecule has 2 aliphatic heterocycles. The number of carboxylic acid groups (broad SMARTS) is 1. The van der Waals surface area contributed by atoms with Gasteiger partial charge in [0.05, 0.1) is 19.3 Å². The van der Waals surface area contributed by atoms with Gasteiger partial charge in [-0.15, -0.1) is 5.10 Å². The van der Waals surface area contributed by atoms with E-state index < -0.39 is 6.10 Å². The maximum absolute atomic E-state index is 11.9. The van der Waals surface area contributed by atoms with Crippen molar-refractivity contribution in [1.82, 2.24) is 20.5 Å². The number of halogens is 1. The van der Waals surface area contributed by atoms with Gasteiger partial charge in [-0.3, -0.25) is 14.7 Å². The lowest BCUT2D eigenvalue weighted by Gasteiger charge is -2.17. The summed E-state index contributed by atoms with van der Waals surface area (Å²) in [6.45, 7) is 0.352. The standard InChI is InChI=1S/C11H15ClN4O4.CH2O2/c12-11-14-7(15-16-11)1-2-8(18)13-5-3-19-10-6(17)4-20-9(5)10;2-1-3/h5-6,9-10,17H,1-4H2,(H,13,18)(H,14,15,16);1H,(H,2,3)/t5-,6-,9+,10+;/m0./s1. The highest BCUT2D eigenvalue weighted by Crippen LogP contribution is 2.26. The quantitative estimate of drug-likeness (QED) is 0.493. The first-order valence-electron chi connectivity index (χ1n) is 6.90. The topological polar surface area (TPSA) is 147 Å². The maximum atomic E-state index is 11.9. The molecular formula is C12H17ClN4O6. The largest absolute Gasteiger partial charge is 0.483 e. The minimum absolute atomic E-state index is 0.128. The zero-order valence-electron chi connectivity index (χ0n) is 12.0. The Morgan fingerprint density at radius 1 is 1.43 bits per heavy atom. The van der Waals surface area contributed by atoms with Crippen LogP contribution >= 0.6 is 11.6 Å². The number of carbonyl (C=O) groups excluding carboxylic acids is 1. The molecule has 1 amide bonds. The Hall–Kier alpha value is -1.75. The van der Waals surface area contributed by atoms with Crippen molar-refractivity contribution in [2.75, 3.05) is 13.2 Å². The molecule has 4 N–H and O–H groups in total. The molecule has 2 aliphatic rings. The van der Waals surface area contributed by atoms with Gasteiger partial charge in [0.1, 0.15) is 24.1 Å². The van der Waals surface area contributed by atoms with Crippen LogP contribution in [0.4, 0.5) is 0 Å². The number of carbonyl (C=O) groups is 2. The molecule has 2 fully saturated rings. The molecule has 2 saturated heterocycles. The molecule has 0 unspecified atom stereocenters. The third-order valence-corrected chi connectivity index (χ3v) is 3.64. The van der Waals surface area contributed by atoms with Gasteiger partial charge in [0.25, 0.3) is 6.47 Å². The highest BCUT2D eigenvalue weighted by Gasteiger charge is 2.47. The predicted molar refractivity (Wildman–Crippen MR) is 75.8 cm³/mol. The van der Waals surface area contributed by atoms with Crippen molar-refractivity contribution in [2.24, 2.45) is 0 Å². The maximum Gasteiger partial charge on any atom is 0.290 e. The number of nitrogens with zero attached hydrogens (tertiary/aromatic N) is 2. The summed E-state index contributed by atoms with van der Waals surface area (Å²) in [5.41, 5.74) is 0. The van der Waals surface area contributed by atoms with E-state index in [4.69, 9.17) is 31.0 Å². The molecule has 4 atom stereocenters. The monoisotopic (exact) mass is 348 g/mol. The lowest BCUT2D eigenvalue weighted by atomic mass is 10.1. The zero-order chi connectivity index (χ0) is 16.8. The average molecular weight is 349 g/mol. The predicted octanol–water partition coefficient (Wildman–Crippen LogP) is -1.27. The van der Waals surface area contributed by atoms with Crippen LogP contribution in [0.5, 0.6) is 0 Å². The van der Waals surface area contributed by atoms with Crippen LogP contribution in [0.25, 0.3) is 0 Å². The van der Waals surface area contributed by atoms with Crippen molar-refractivity contribution in [3.8, 4) is 0 Å². The Bertz CT molecular complexity index is 541. The van der Waals surface area contributed by atoms with Gasteiger partial charge < -0.3 is 25.0 Å². The number of nitrogens with one attached hydrogen (secondary N) is 2. The van der Waals surface area contributed by atoms with Crippen LogP contribution in [0.15, 0.2) is 0 Å². The lowest BCUT2D eigenvalue weighted by Crippen LogP contribution is -2.44. The summed E-state index contributed by atoms with van der Waals surface area (Å²) in [5.74, 6) is 0.440. The van der Waals surface area contributed by atoms with Crippen LogP contribution in [-0.4, -0.2) is 75.3 Å². The van der Waals surface area contributed by atoms with Gasteiger partial charge in [-0.1, -0.05) is 0 Å². The number of aliphatic hydroxyl groups excluding tert-OH is 1. The number of hydrogen-bond donors (Lipinski definition) is 4. The van der Waals surface area contributed by atoms with E-state index in [-0.39, 0.29) is 48.9 Å². The Labute approximate surface area is 136 Å². The van der Waals surface area contributed by atoms with E-state index in [2.05, 4.69) is 20.5 Å². The van der Waals surface area contributed by atoms with Crippen molar-refractivity contribution < 1.29 is 29.3 Å². The van der Waals surface area contributed by atoms with Crippen molar-refractivity contribution in [3.05, 3.63) is 11.1 Å². The van der Waals surface area contributed by atoms with Gasteiger partial charge in [0.2, 0.25) is 11.2 Å². The molecule has 0 aliphatic carbocycles.